The van der Waals surface area contributed by atoms with Crippen LogP contribution in [0.3, 0.4) is 0 Å². The van der Waals surface area contributed by atoms with Gasteiger partial charge in [0.25, 0.3) is 5.56 Å². The summed E-state index contributed by atoms with van der Waals surface area (Å²) < 4.78 is 25.1. The average molecular weight is 430 g/mol. The molecule has 3 N–H and O–H groups in total. The Morgan fingerprint density at radius 3 is 2.80 bits per heavy atom. The smallest absolute Gasteiger partial charge is 0.262 e. The predicted octanol–water partition coefficient (Wildman–Crippen LogP) is 1.43. The van der Waals surface area contributed by atoms with Crippen LogP contribution in [0.4, 0.5) is 17.5 Å². The molecule has 0 bridgehead atoms. The fourth-order valence-corrected chi connectivity index (χ4v) is 5.27. The third-order valence-electron chi connectivity index (χ3n) is 5.04. The Morgan fingerprint density at radius 1 is 1.27 bits per heavy atom. The van der Waals surface area contributed by atoms with Crippen LogP contribution in [0.2, 0.25) is 0 Å². The Balaban J connectivity index is 1.79. The number of aromatic nitrogens is 3. The van der Waals surface area contributed by atoms with Gasteiger partial charge < -0.3 is 20.3 Å². The largest absolute Gasteiger partial charge is 0.395 e. The summed E-state index contributed by atoms with van der Waals surface area (Å²) in [6.07, 6.45) is 3.77. The second-order valence-corrected chi connectivity index (χ2v) is 9.67. The third kappa shape index (κ3) is 4.29. The summed E-state index contributed by atoms with van der Waals surface area (Å²) in [6, 6.07) is 6.97. The summed E-state index contributed by atoms with van der Waals surface area (Å²) in [4.78, 5) is 21.8. The van der Waals surface area contributed by atoms with Crippen LogP contribution in [0.25, 0.3) is 10.8 Å². The maximum absolute atomic E-state index is 13.0. The first-order chi connectivity index (χ1) is 14.3. The van der Waals surface area contributed by atoms with E-state index in [1.165, 1.54) is 4.57 Å². The summed E-state index contributed by atoms with van der Waals surface area (Å²) in [5.74, 6) is 1.54. The molecule has 1 atom stereocenters. The number of hydrogen-bond donors (Lipinski definition) is 3. The molecule has 3 aromatic rings. The molecule has 10 heteroatoms. The number of pyridine rings is 3. The molecular weight excluding hydrogens is 406 g/mol. The summed E-state index contributed by atoms with van der Waals surface area (Å²) in [7, 11) is -3.09. The first-order valence-corrected chi connectivity index (χ1v) is 11.5. The van der Waals surface area contributed by atoms with Gasteiger partial charge in [-0.15, -0.1) is 0 Å². The van der Waals surface area contributed by atoms with Gasteiger partial charge in [-0.3, -0.25) is 4.79 Å². The van der Waals surface area contributed by atoms with Crippen molar-refractivity contribution in [2.75, 3.05) is 28.7 Å². The van der Waals surface area contributed by atoms with E-state index in [0.717, 1.165) is 5.56 Å². The van der Waals surface area contributed by atoms with Crippen LogP contribution in [0.5, 0.6) is 0 Å². The van der Waals surface area contributed by atoms with Gasteiger partial charge in [0.1, 0.15) is 17.5 Å². The van der Waals surface area contributed by atoms with Crippen LogP contribution < -0.4 is 16.2 Å². The molecular formula is C20H23N5O4S. The molecule has 3 aromatic heterocycles. The second kappa shape index (κ2) is 8.04. The summed E-state index contributed by atoms with van der Waals surface area (Å²) in [5.41, 5.74) is 0.743. The van der Waals surface area contributed by atoms with Crippen LogP contribution in [-0.4, -0.2) is 52.2 Å². The fraction of sp³-hybridized carbons (Fsp3) is 0.350. The molecule has 9 nitrogen and oxygen atoms in total. The zero-order valence-electron chi connectivity index (χ0n) is 16.5. The van der Waals surface area contributed by atoms with E-state index in [9.17, 15) is 18.3 Å². The molecule has 0 saturated carbocycles. The van der Waals surface area contributed by atoms with Crippen molar-refractivity contribution >= 4 is 38.1 Å². The average Bonchev–Trinajstić information content (AvgIpc) is 3.02. The molecule has 4 heterocycles. The van der Waals surface area contributed by atoms with Crippen LogP contribution in [0.15, 0.2) is 41.5 Å². The maximum atomic E-state index is 13.0. The van der Waals surface area contributed by atoms with Crippen molar-refractivity contribution in [2.45, 2.75) is 25.9 Å². The van der Waals surface area contributed by atoms with Crippen molar-refractivity contribution in [3.05, 3.63) is 52.6 Å². The molecule has 1 fully saturated rings. The molecule has 4 rings (SSSR count). The number of rotatable bonds is 6. The van der Waals surface area contributed by atoms with Crippen LogP contribution in [0, 0.1) is 6.92 Å². The van der Waals surface area contributed by atoms with E-state index in [-0.39, 0.29) is 36.3 Å². The number of anilines is 3. The SMILES string of the molecule is Cc1ccnc(Nc2cc3ccn(CCO)c(=O)c3c(NC3CCS(=O)(=O)C3)n2)c1. The van der Waals surface area contributed by atoms with Crippen LogP contribution in [0.1, 0.15) is 12.0 Å². The molecule has 30 heavy (non-hydrogen) atoms. The quantitative estimate of drug-likeness (QED) is 0.537. The number of fused-ring (bicyclic) bond motifs is 1. The normalized spacial score (nSPS) is 17.9. The van der Waals surface area contributed by atoms with Crippen molar-refractivity contribution in [2.24, 2.45) is 0 Å². The molecule has 0 radical (unpaired) electrons. The van der Waals surface area contributed by atoms with E-state index < -0.39 is 9.84 Å². The number of hydrogen-bond acceptors (Lipinski definition) is 8. The molecule has 1 aliphatic rings. The standard InChI is InChI=1S/C20H23N5O4S/c1-13-2-5-21-16(10-13)23-17-11-14-3-6-25(7-8-26)20(27)18(14)19(24-17)22-15-4-9-30(28,29)12-15/h2-3,5-6,10-11,15,26H,4,7-9,12H2,1H3,(H2,21,22,23,24). The van der Waals surface area contributed by atoms with Gasteiger partial charge in [0.05, 0.1) is 23.5 Å². The van der Waals surface area contributed by atoms with Gasteiger partial charge in [-0.1, -0.05) is 0 Å². The van der Waals surface area contributed by atoms with E-state index in [4.69, 9.17) is 0 Å². The topological polar surface area (TPSA) is 126 Å². The van der Waals surface area contributed by atoms with E-state index in [0.29, 0.717) is 34.6 Å². The highest BCUT2D eigenvalue weighted by Gasteiger charge is 2.28. The highest BCUT2D eigenvalue weighted by atomic mass is 32.2. The zero-order chi connectivity index (χ0) is 21.3. The number of nitrogens with zero attached hydrogens (tertiary/aromatic N) is 3. The zero-order valence-corrected chi connectivity index (χ0v) is 17.3. The maximum Gasteiger partial charge on any atom is 0.262 e. The van der Waals surface area contributed by atoms with Gasteiger partial charge in [0.2, 0.25) is 0 Å². The molecule has 0 amide bonds. The number of aliphatic hydroxyl groups excluding tert-OH is 1. The van der Waals surface area contributed by atoms with Crippen LogP contribution >= 0.6 is 0 Å². The van der Waals surface area contributed by atoms with Crippen LogP contribution in [-0.2, 0) is 16.4 Å². The Hall–Kier alpha value is -2.98. The highest BCUT2D eigenvalue weighted by molar-refractivity contribution is 7.91. The first kappa shape index (κ1) is 20.3. The van der Waals surface area contributed by atoms with Gasteiger partial charge in [0, 0.05) is 25.0 Å². The number of sulfone groups is 1. The minimum Gasteiger partial charge on any atom is -0.395 e. The van der Waals surface area contributed by atoms with Gasteiger partial charge in [-0.05, 0) is 48.6 Å². The van der Waals surface area contributed by atoms with Crippen molar-refractivity contribution in [1.82, 2.24) is 14.5 Å². The minimum absolute atomic E-state index is 0.00489. The fourth-order valence-electron chi connectivity index (χ4n) is 3.59. The van der Waals surface area contributed by atoms with Gasteiger partial charge in [-0.2, -0.15) is 0 Å². The van der Waals surface area contributed by atoms with Gasteiger partial charge in [-0.25, -0.2) is 18.4 Å². The molecule has 1 unspecified atom stereocenters. The monoisotopic (exact) mass is 429 g/mol. The van der Waals surface area contributed by atoms with Gasteiger partial charge in [0.15, 0.2) is 9.84 Å². The molecule has 158 valence electrons. The molecule has 1 saturated heterocycles. The predicted molar refractivity (Wildman–Crippen MR) is 116 cm³/mol. The lowest BCUT2D eigenvalue weighted by atomic mass is 10.1. The Kier molecular flexibility index (Phi) is 5.44. The third-order valence-corrected chi connectivity index (χ3v) is 6.81. The number of nitrogens with one attached hydrogen (secondary N) is 2. The van der Waals surface area contributed by atoms with E-state index in [1.807, 2.05) is 19.1 Å². The first-order valence-electron chi connectivity index (χ1n) is 9.66. The lowest BCUT2D eigenvalue weighted by Crippen LogP contribution is -2.26. The molecule has 0 spiro atoms. The summed E-state index contributed by atoms with van der Waals surface area (Å²) in [6.45, 7) is 1.96. The van der Waals surface area contributed by atoms with E-state index in [1.54, 1.807) is 24.5 Å². The summed E-state index contributed by atoms with van der Waals surface area (Å²) >= 11 is 0. The van der Waals surface area contributed by atoms with Crippen molar-refractivity contribution in [3.8, 4) is 0 Å². The van der Waals surface area contributed by atoms with Crippen molar-refractivity contribution in [1.29, 1.82) is 0 Å². The Labute approximate surface area is 173 Å². The minimum atomic E-state index is -3.09. The molecule has 0 aliphatic carbocycles. The van der Waals surface area contributed by atoms with Crippen molar-refractivity contribution in [3.63, 3.8) is 0 Å². The summed E-state index contributed by atoms with van der Waals surface area (Å²) in [5, 5.41) is 16.6. The number of aryl methyl sites for hydroxylation is 1. The number of aliphatic hydroxyl groups is 1. The van der Waals surface area contributed by atoms with E-state index in [2.05, 4.69) is 20.6 Å². The lowest BCUT2D eigenvalue weighted by Gasteiger charge is -2.16. The second-order valence-electron chi connectivity index (χ2n) is 7.45. The van der Waals surface area contributed by atoms with E-state index >= 15 is 0 Å². The highest BCUT2D eigenvalue weighted by Crippen LogP contribution is 2.26. The molecule has 0 aromatic carbocycles. The lowest BCUT2D eigenvalue weighted by molar-refractivity contribution is 0.274. The van der Waals surface area contributed by atoms with Crippen molar-refractivity contribution < 1.29 is 13.5 Å². The van der Waals surface area contributed by atoms with Gasteiger partial charge >= 0.3 is 0 Å². The Bertz CT molecular complexity index is 1260. The Morgan fingerprint density at radius 2 is 2.10 bits per heavy atom. The molecule has 1 aliphatic heterocycles.